The number of benzene rings is 4. The number of thioether (sulfide) groups is 1. The summed E-state index contributed by atoms with van der Waals surface area (Å²) in [7, 11) is -4.19. The van der Waals surface area contributed by atoms with E-state index >= 15 is 0 Å². The van der Waals surface area contributed by atoms with Crippen LogP contribution in [0.15, 0.2) is 107 Å². The zero-order chi connectivity index (χ0) is 33.1. The second-order valence-electron chi connectivity index (χ2n) is 11.7. The number of rotatable bonds is 9. The first-order valence-electron chi connectivity index (χ1n) is 14.8. The topological polar surface area (TPSA) is 139 Å². The largest absolute Gasteiger partial charge is 0.343 e. The van der Waals surface area contributed by atoms with Crippen molar-refractivity contribution in [3.63, 3.8) is 0 Å². The molecule has 0 unspecified atom stereocenters. The highest BCUT2D eigenvalue weighted by Crippen LogP contribution is 2.33. The standard InChI is InChI=1S/C35H36N4O5S2/c1-35(2,36)34(42)37-29-19-17-26-21-27(45-3)18-20-30(26)39(33(29)41)22-23-13-15-24(16-14-23)28-11-7-8-12-31(28)46(43,44)38-32(40)25-9-5-4-6-10-25/h4-16,18,20-21,29H,17,19,22,36H2,1-3H3,(H,37,42)(H,38,40)/t29-/m1/s1. The lowest BCUT2D eigenvalue weighted by Gasteiger charge is -2.28. The number of anilines is 1. The van der Waals surface area contributed by atoms with Gasteiger partial charge in [-0.05, 0) is 86.0 Å². The molecule has 238 valence electrons. The Balaban J connectivity index is 1.42. The normalized spacial score (nSPS) is 15.1. The molecule has 1 atom stereocenters. The Kier molecular flexibility index (Phi) is 9.66. The molecule has 11 heteroatoms. The fourth-order valence-corrected chi connectivity index (χ4v) is 6.93. The van der Waals surface area contributed by atoms with Crippen LogP contribution in [0.4, 0.5) is 5.69 Å². The molecule has 0 spiro atoms. The smallest absolute Gasteiger partial charge is 0.264 e. The lowest BCUT2D eigenvalue weighted by Crippen LogP contribution is -2.56. The van der Waals surface area contributed by atoms with Crippen LogP contribution in [-0.4, -0.2) is 44.0 Å². The third kappa shape index (κ3) is 7.33. The third-order valence-corrected chi connectivity index (χ3v) is 9.89. The maximum atomic E-state index is 13.9. The summed E-state index contributed by atoms with van der Waals surface area (Å²) in [6.45, 7) is 3.43. The van der Waals surface area contributed by atoms with Crippen LogP contribution in [0.3, 0.4) is 0 Å². The van der Waals surface area contributed by atoms with E-state index in [1.54, 1.807) is 91.2 Å². The van der Waals surface area contributed by atoms with Crippen LogP contribution in [0.1, 0.15) is 41.8 Å². The van der Waals surface area contributed by atoms with E-state index in [2.05, 4.69) is 16.1 Å². The number of hydrogen-bond acceptors (Lipinski definition) is 7. The number of carbonyl (C=O) groups is 3. The Hall–Kier alpha value is -4.45. The van der Waals surface area contributed by atoms with Crippen molar-refractivity contribution >= 4 is 45.2 Å². The van der Waals surface area contributed by atoms with Crippen LogP contribution in [-0.2, 0) is 32.6 Å². The Morgan fingerprint density at radius 3 is 2.30 bits per heavy atom. The van der Waals surface area contributed by atoms with Gasteiger partial charge in [0, 0.05) is 21.7 Å². The van der Waals surface area contributed by atoms with Crippen molar-refractivity contribution in [3.05, 3.63) is 114 Å². The van der Waals surface area contributed by atoms with Crippen LogP contribution in [0, 0.1) is 0 Å². The summed E-state index contributed by atoms with van der Waals surface area (Å²) in [5.74, 6) is -1.36. The fourth-order valence-electron chi connectivity index (χ4n) is 5.26. The summed E-state index contributed by atoms with van der Waals surface area (Å²) in [6.07, 6.45) is 3.04. The third-order valence-electron chi connectivity index (χ3n) is 7.78. The average Bonchev–Trinajstić information content (AvgIpc) is 3.17. The Bertz CT molecular complexity index is 1870. The summed E-state index contributed by atoms with van der Waals surface area (Å²) < 4.78 is 28.8. The molecule has 0 bridgehead atoms. The monoisotopic (exact) mass is 656 g/mol. The number of amides is 3. The Morgan fingerprint density at radius 2 is 1.63 bits per heavy atom. The van der Waals surface area contributed by atoms with E-state index < -0.39 is 33.4 Å². The molecule has 4 aromatic rings. The van der Waals surface area contributed by atoms with Crippen molar-refractivity contribution in [1.82, 2.24) is 10.0 Å². The van der Waals surface area contributed by atoms with Crippen LogP contribution in [0.5, 0.6) is 0 Å². The lowest BCUT2D eigenvalue weighted by atomic mass is 10.0. The van der Waals surface area contributed by atoms with Gasteiger partial charge in [-0.25, -0.2) is 13.1 Å². The van der Waals surface area contributed by atoms with Crippen molar-refractivity contribution in [3.8, 4) is 11.1 Å². The Morgan fingerprint density at radius 1 is 0.957 bits per heavy atom. The Labute approximate surface area is 273 Å². The molecule has 0 saturated heterocycles. The molecule has 1 aliphatic rings. The zero-order valence-corrected chi connectivity index (χ0v) is 27.5. The van der Waals surface area contributed by atoms with Crippen LogP contribution in [0.2, 0.25) is 0 Å². The molecule has 9 nitrogen and oxygen atoms in total. The van der Waals surface area contributed by atoms with Gasteiger partial charge in [0.2, 0.25) is 11.8 Å². The number of nitrogens with zero attached hydrogens (tertiary/aromatic N) is 1. The first-order chi connectivity index (χ1) is 21.9. The van der Waals surface area contributed by atoms with Gasteiger partial charge in [-0.1, -0.05) is 60.7 Å². The van der Waals surface area contributed by atoms with Crippen molar-refractivity contribution in [2.24, 2.45) is 5.73 Å². The van der Waals surface area contributed by atoms with Crippen molar-refractivity contribution in [2.75, 3.05) is 11.2 Å². The molecule has 5 rings (SSSR count). The first kappa shape index (κ1) is 32.9. The molecular formula is C35H36N4O5S2. The highest BCUT2D eigenvalue weighted by molar-refractivity contribution is 7.98. The van der Waals surface area contributed by atoms with Gasteiger partial charge >= 0.3 is 0 Å². The van der Waals surface area contributed by atoms with E-state index in [1.165, 1.54) is 6.07 Å². The van der Waals surface area contributed by atoms with Gasteiger partial charge in [-0.2, -0.15) is 0 Å². The second-order valence-corrected chi connectivity index (χ2v) is 14.2. The molecule has 0 radical (unpaired) electrons. The molecule has 4 N–H and O–H groups in total. The minimum atomic E-state index is -4.19. The van der Waals surface area contributed by atoms with Gasteiger partial charge in [-0.15, -0.1) is 11.8 Å². The summed E-state index contributed by atoms with van der Waals surface area (Å²) in [5, 5.41) is 2.86. The number of carbonyl (C=O) groups excluding carboxylic acids is 3. The van der Waals surface area contributed by atoms with Gasteiger partial charge in [0.25, 0.3) is 15.9 Å². The predicted molar refractivity (Wildman–Crippen MR) is 181 cm³/mol. The lowest BCUT2D eigenvalue weighted by molar-refractivity contribution is -0.130. The maximum absolute atomic E-state index is 13.9. The van der Waals surface area contributed by atoms with Gasteiger partial charge in [0.15, 0.2) is 0 Å². The van der Waals surface area contributed by atoms with Crippen LogP contribution >= 0.6 is 11.8 Å². The molecule has 1 aliphatic heterocycles. The number of nitrogens with one attached hydrogen (secondary N) is 2. The second kappa shape index (κ2) is 13.5. The molecule has 0 aliphatic carbocycles. The van der Waals surface area contributed by atoms with Gasteiger partial charge in [0.05, 0.1) is 17.0 Å². The first-order valence-corrected chi connectivity index (χ1v) is 17.5. The maximum Gasteiger partial charge on any atom is 0.264 e. The van der Waals surface area contributed by atoms with E-state index in [0.717, 1.165) is 21.7 Å². The minimum absolute atomic E-state index is 0.0327. The van der Waals surface area contributed by atoms with Crippen LogP contribution < -0.4 is 20.7 Å². The summed E-state index contributed by atoms with van der Waals surface area (Å²) >= 11 is 1.62. The molecule has 46 heavy (non-hydrogen) atoms. The summed E-state index contributed by atoms with van der Waals surface area (Å²) in [5.41, 5.74) is 8.75. The molecule has 0 aromatic heterocycles. The SMILES string of the molecule is CSc1ccc2c(c1)CC[C@@H](NC(=O)C(C)(C)N)C(=O)N2Cc1ccc(-c2ccccc2S(=O)(=O)NC(=O)c2ccccc2)cc1. The van der Waals surface area contributed by atoms with Gasteiger partial charge in [0.1, 0.15) is 6.04 Å². The minimum Gasteiger partial charge on any atom is -0.343 e. The summed E-state index contributed by atoms with van der Waals surface area (Å²) in [4.78, 5) is 42.1. The molecule has 1 heterocycles. The van der Waals surface area contributed by atoms with Crippen LogP contribution in [0.25, 0.3) is 11.1 Å². The molecule has 0 saturated carbocycles. The van der Waals surface area contributed by atoms with E-state index in [4.69, 9.17) is 5.73 Å². The highest BCUT2D eigenvalue weighted by Gasteiger charge is 2.34. The number of aryl methyl sites for hydroxylation is 1. The quantitative estimate of drug-likeness (QED) is 0.218. The highest BCUT2D eigenvalue weighted by atomic mass is 32.2. The van der Waals surface area contributed by atoms with Crippen molar-refractivity contribution < 1.29 is 22.8 Å². The predicted octanol–water partition coefficient (Wildman–Crippen LogP) is 4.90. The van der Waals surface area contributed by atoms with E-state index in [9.17, 15) is 22.8 Å². The molecule has 0 fully saturated rings. The van der Waals surface area contributed by atoms with E-state index in [1.807, 2.05) is 30.5 Å². The van der Waals surface area contributed by atoms with Crippen molar-refractivity contribution in [1.29, 1.82) is 0 Å². The molecule has 3 amide bonds. The van der Waals surface area contributed by atoms with Gasteiger partial charge in [-0.3, -0.25) is 14.4 Å². The zero-order valence-electron chi connectivity index (χ0n) is 25.8. The van der Waals surface area contributed by atoms with Gasteiger partial charge < -0.3 is 16.0 Å². The summed E-state index contributed by atoms with van der Waals surface area (Å²) in [6, 6.07) is 27.1. The number of sulfonamides is 1. The number of fused-ring (bicyclic) bond motifs is 1. The number of hydrogen-bond donors (Lipinski definition) is 3. The van der Waals surface area contributed by atoms with E-state index in [-0.39, 0.29) is 22.9 Å². The van der Waals surface area contributed by atoms with E-state index in [0.29, 0.717) is 24.0 Å². The number of nitrogens with two attached hydrogens (primary N) is 1. The molecular weight excluding hydrogens is 621 g/mol. The average molecular weight is 657 g/mol. The molecule has 4 aromatic carbocycles. The fraction of sp³-hybridized carbons (Fsp3) is 0.229. The van der Waals surface area contributed by atoms with Crippen molar-refractivity contribution in [2.45, 2.75) is 54.6 Å².